The molecule has 186 valence electrons. The first-order valence-corrected chi connectivity index (χ1v) is 18.1. The molecule has 0 saturated carbocycles. The Balaban J connectivity index is 1.30. The van der Waals surface area contributed by atoms with Gasteiger partial charge in [0.15, 0.2) is 0 Å². The van der Waals surface area contributed by atoms with Crippen molar-refractivity contribution in [2.24, 2.45) is 0 Å². The highest BCUT2D eigenvalue weighted by molar-refractivity contribution is 8.76. The van der Waals surface area contributed by atoms with Gasteiger partial charge in [0.1, 0.15) is 0 Å². The van der Waals surface area contributed by atoms with Crippen LogP contribution in [0.1, 0.15) is 0 Å². The van der Waals surface area contributed by atoms with Crippen LogP contribution in [0.5, 0.6) is 0 Å². The van der Waals surface area contributed by atoms with Crippen molar-refractivity contribution in [3.05, 3.63) is 121 Å². The number of hydrogen-bond donors (Lipinski definition) is 0. The lowest BCUT2D eigenvalue weighted by atomic mass is 10.4. The van der Waals surface area contributed by atoms with E-state index in [2.05, 4.69) is 121 Å². The van der Waals surface area contributed by atoms with Crippen LogP contribution < -0.4 is 0 Å². The summed E-state index contributed by atoms with van der Waals surface area (Å²) in [6, 6.07) is 43.2. The minimum atomic E-state index is 0.564. The fraction of sp³-hybridized carbons (Fsp3) is 0.200. The van der Waals surface area contributed by atoms with E-state index in [0.717, 1.165) is 23.0 Å². The van der Waals surface area contributed by atoms with Crippen LogP contribution in [0.3, 0.4) is 0 Å². The molecule has 0 N–H and O–H groups in total. The topological polar surface area (TPSA) is 0 Å². The quantitative estimate of drug-likeness (QED) is 0.0771. The summed E-state index contributed by atoms with van der Waals surface area (Å²) < 4.78 is 0. The number of rotatable bonds is 15. The zero-order valence-electron chi connectivity index (χ0n) is 20.0. The molecule has 0 saturated heterocycles. The highest BCUT2D eigenvalue weighted by Crippen LogP contribution is 2.37. The second-order valence-corrected chi connectivity index (χ2v) is 15.4. The SMILES string of the molecule is c1ccc(SCC(CSSCC(CSc2ccccc2)Sc2ccccc2)Sc2ccccc2)cc1. The van der Waals surface area contributed by atoms with Crippen LogP contribution >= 0.6 is 68.6 Å². The fourth-order valence-electron chi connectivity index (χ4n) is 3.28. The van der Waals surface area contributed by atoms with E-state index < -0.39 is 0 Å². The maximum atomic E-state index is 2.23. The predicted octanol–water partition coefficient (Wildman–Crippen LogP) is 10.3. The zero-order chi connectivity index (χ0) is 24.7. The lowest BCUT2D eigenvalue weighted by molar-refractivity contribution is 1.14. The second kappa shape index (κ2) is 16.7. The molecule has 0 nitrogen and oxygen atoms in total. The highest BCUT2D eigenvalue weighted by Gasteiger charge is 2.15. The molecular formula is C30H30S6. The van der Waals surface area contributed by atoms with Gasteiger partial charge in [0.05, 0.1) is 0 Å². The summed E-state index contributed by atoms with van der Waals surface area (Å²) in [5, 5.41) is 1.13. The van der Waals surface area contributed by atoms with Gasteiger partial charge in [-0.2, -0.15) is 0 Å². The van der Waals surface area contributed by atoms with Crippen molar-refractivity contribution in [1.29, 1.82) is 0 Å². The Labute approximate surface area is 241 Å². The molecule has 0 aliphatic rings. The zero-order valence-corrected chi connectivity index (χ0v) is 24.9. The normalized spacial score (nSPS) is 12.8. The number of hydrogen-bond acceptors (Lipinski definition) is 6. The summed E-state index contributed by atoms with van der Waals surface area (Å²) in [6.45, 7) is 0. The van der Waals surface area contributed by atoms with Gasteiger partial charge in [0.2, 0.25) is 0 Å². The lowest BCUT2D eigenvalue weighted by Gasteiger charge is -2.18. The lowest BCUT2D eigenvalue weighted by Crippen LogP contribution is -2.11. The van der Waals surface area contributed by atoms with Crippen LogP contribution in [0.25, 0.3) is 0 Å². The van der Waals surface area contributed by atoms with Gasteiger partial charge in [0.25, 0.3) is 0 Å². The van der Waals surface area contributed by atoms with Crippen LogP contribution in [-0.4, -0.2) is 33.5 Å². The van der Waals surface area contributed by atoms with Gasteiger partial charge in [-0.25, -0.2) is 0 Å². The van der Waals surface area contributed by atoms with E-state index >= 15 is 0 Å². The molecule has 0 spiro atoms. The van der Waals surface area contributed by atoms with Crippen molar-refractivity contribution in [2.75, 3.05) is 23.0 Å². The standard InChI is InChI=1S/C30H30S6/c1-5-13-25(14-6-1)31-21-29(35-27-17-9-3-10-18-27)23-33-34-24-30(36-28-19-11-4-12-20-28)22-32-26-15-7-2-8-16-26/h1-20,29-30H,21-24H2. The van der Waals surface area contributed by atoms with Crippen LogP contribution in [0.15, 0.2) is 141 Å². The smallest absolute Gasteiger partial charge is 0.0287 e. The summed E-state index contributed by atoms with van der Waals surface area (Å²) in [4.78, 5) is 5.43. The Morgan fingerprint density at radius 2 is 0.667 bits per heavy atom. The van der Waals surface area contributed by atoms with Crippen molar-refractivity contribution in [3.8, 4) is 0 Å². The Morgan fingerprint density at radius 3 is 1.00 bits per heavy atom. The fourth-order valence-corrected chi connectivity index (χ4v) is 11.4. The molecular weight excluding hydrogens is 553 g/mol. The van der Waals surface area contributed by atoms with Crippen molar-refractivity contribution >= 4 is 68.6 Å². The maximum Gasteiger partial charge on any atom is 0.0287 e. The summed E-state index contributed by atoms with van der Waals surface area (Å²) in [5.41, 5.74) is 0. The van der Waals surface area contributed by atoms with Crippen molar-refractivity contribution < 1.29 is 0 Å². The third kappa shape index (κ3) is 10.8. The van der Waals surface area contributed by atoms with E-state index in [4.69, 9.17) is 0 Å². The van der Waals surface area contributed by atoms with Crippen LogP contribution in [0.2, 0.25) is 0 Å². The van der Waals surface area contributed by atoms with Gasteiger partial charge >= 0.3 is 0 Å². The Hall–Kier alpha value is -1.02. The molecule has 2 atom stereocenters. The average molecular weight is 583 g/mol. The largest absolute Gasteiger partial charge is 0.125 e. The van der Waals surface area contributed by atoms with Gasteiger partial charge in [-0.05, 0) is 48.5 Å². The molecule has 0 aliphatic carbocycles. The molecule has 0 aliphatic heterocycles. The Bertz CT molecular complexity index is 1000. The molecule has 0 bridgehead atoms. The molecule has 4 aromatic carbocycles. The molecule has 36 heavy (non-hydrogen) atoms. The van der Waals surface area contributed by atoms with E-state index in [1.807, 2.05) is 68.6 Å². The van der Waals surface area contributed by atoms with Gasteiger partial charge < -0.3 is 0 Å². The Morgan fingerprint density at radius 1 is 0.361 bits per heavy atom. The molecule has 2 unspecified atom stereocenters. The summed E-state index contributed by atoms with van der Waals surface area (Å²) in [6.07, 6.45) is 0. The molecule has 4 rings (SSSR count). The average Bonchev–Trinajstić information content (AvgIpc) is 2.94. The first-order chi connectivity index (χ1) is 17.8. The molecule has 0 radical (unpaired) electrons. The monoisotopic (exact) mass is 582 g/mol. The summed E-state index contributed by atoms with van der Waals surface area (Å²) >= 11 is 7.96. The maximum absolute atomic E-state index is 2.23. The molecule has 0 heterocycles. The van der Waals surface area contributed by atoms with E-state index in [1.54, 1.807) is 0 Å². The summed E-state index contributed by atoms with van der Waals surface area (Å²) in [7, 11) is 4.07. The molecule has 0 aromatic heterocycles. The van der Waals surface area contributed by atoms with Gasteiger partial charge in [-0.1, -0.05) is 94.4 Å². The highest BCUT2D eigenvalue weighted by atomic mass is 33.1. The molecule has 4 aromatic rings. The molecule has 0 fully saturated rings. The van der Waals surface area contributed by atoms with Crippen LogP contribution in [0, 0.1) is 0 Å². The Kier molecular flexibility index (Phi) is 13.0. The van der Waals surface area contributed by atoms with Gasteiger partial charge in [-0.15, -0.1) is 47.0 Å². The van der Waals surface area contributed by atoms with Crippen LogP contribution in [-0.2, 0) is 0 Å². The minimum Gasteiger partial charge on any atom is -0.125 e. The van der Waals surface area contributed by atoms with Gasteiger partial charge in [-0.3, -0.25) is 0 Å². The first-order valence-electron chi connectivity index (χ1n) is 11.9. The third-order valence-electron chi connectivity index (χ3n) is 5.04. The van der Waals surface area contributed by atoms with Gasteiger partial charge in [0, 0.05) is 53.1 Å². The van der Waals surface area contributed by atoms with Crippen LogP contribution in [0.4, 0.5) is 0 Å². The van der Waals surface area contributed by atoms with E-state index in [9.17, 15) is 0 Å². The summed E-state index contributed by atoms with van der Waals surface area (Å²) in [5.74, 6) is 4.50. The first kappa shape index (κ1) is 28.0. The second-order valence-electron chi connectivity index (χ2n) is 7.92. The number of thioether (sulfide) groups is 4. The predicted molar refractivity (Wildman–Crippen MR) is 171 cm³/mol. The van der Waals surface area contributed by atoms with E-state index in [-0.39, 0.29) is 0 Å². The van der Waals surface area contributed by atoms with E-state index in [0.29, 0.717) is 10.5 Å². The van der Waals surface area contributed by atoms with Crippen molar-refractivity contribution in [2.45, 2.75) is 30.1 Å². The minimum absolute atomic E-state index is 0.564. The third-order valence-corrected chi connectivity index (χ3v) is 13.2. The van der Waals surface area contributed by atoms with E-state index in [1.165, 1.54) is 19.6 Å². The van der Waals surface area contributed by atoms with Crippen molar-refractivity contribution in [3.63, 3.8) is 0 Å². The van der Waals surface area contributed by atoms with Crippen molar-refractivity contribution in [1.82, 2.24) is 0 Å². The molecule has 6 heteroatoms. The molecule has 0 amide bonds. The number of benzene rings is 4.